The monoisotopic (exact) mass is 1000 g/mol. The van der Waals surface area contributed by atoms with E-state index in [1.165, 1.54) is 13.8 Å². The van der Waals surface area contributed by atoms with Crippen molar-refractivity contribution in [2.45, 2.75) is 93.8 Å². The van der Waals surface area contributed by atoms with Crippen molar-refractivity contribution in [1.82, 2.24) is 36.9 Å². The molecule has 13 N–H and O–H groups in total. The molecule has 3 aromatic carbocycles. The van der Waals surface area contributed by atoms with Gasteiger partial charge in [0.15, 0.2) is 0 Å². The van der Waals surface area contributed by atoms with Gasteiger partial charge < -0.3 is 63.0 Å². The van der Waals surface area contributed by atoms with Crippen LogP contribution in [0.25, 0.3) is 10.9 Å². The first-order valence-corrected chi connectivity index (χ1v) is 23.9. The molecule has 0 bridgehead atoms. The fourth-order valence-corrected chi connectivity index (χ4v) is 9.02. The number of benzene rings is 3. The number of aliphatic hydroxyl groups excluding tert-OH is 3. The molecule has 5 rings (SSSR count). The molecule has 0 saturated carbocycles. The number of fused-ring (bicyclic) bond motifs is 1. The van der Waals surface area contributed by atoms with Crippen molar-refractivity contribution >= 4 is 73.9 Å². The lowest BCUT2D eigenvalue weighted by Crippen LogP contribution is -2.62. The minimum atomic E-state index is -5.08. The quantitative estimate of drug-likeness (QED) is 0.0798. The molecule has 1 aliphatic rings. The first-order valence-electron chi connectivity index (χ1n) is 21.4. The highest BCUT2D eigenvalue weighted by Gasteiger charge is 2.39. The van der Waals surface area contributed by atoms with Crippen LogP contribution in [0, 0.1) is 0 Å². The van der Waals surface area contributed by atoms with E-state index in [1.807, 2.05) is 54.6 Å². The van der Waals surface area contributed by atoms with Crippen molar-refractivity contribution in [3.8, 4) is 0 Å². The first kappa shape index (κ1) is 55.4. The number of nitrogens with one attached hydrogen (secondary N) is 7. The lowest BCUT2D eigenvalue weighted by molar-refractivity contribution is -0.192. The molecule has 4 aromatic rings. The second kappa shape index (κ2) is 26.5. The number of carbonyl (C=O) groups excluding carboxylic acids is 6. The van der Waals surface area contributed by atoms with Gasteiger partial charge in [0.25, 0.3) is 0 Å². The number of carboxylic acid groups (broad SMARTS) is 1. The zero-order chi connectivity index (χ0) is 50.8. The molecule has 19 nitrogen and oxygen atoms in total. The minimum absolute atomic E-state index is 0.00724. The fourth-order valence-electron chi connectivity index (χ4n) is 6.69. The molecule has 2 heterocycles. The summed E-state index contributed by atoms with van der Waals surface area (Å²) in [6, 6.07) is 16.3. The summed E-state index contributed by atoms with van der Waals surface area (Å²) in [4.78, 5) is 96.1. The van der Waals surface area contributed by atoms with E-state index in [1.54, 1.807) is 36.5 Å². The summed E-state index contributed by atoms with van der Waals surface area (Å²) in [6.07, 6.45) is -5.95. The zero-order valence-electron chi connectivity index (χ0n) is 37.3. The van der Waals surface area contributed by atoms with Crippen LogP contribution in [0.1, 0.15) is 30.5 Å². The Morgan fingerprint density at radius 1 is 0.768 bits per heavy atom. The minimum Gasteiger partial charge on any atom is -0.475 e. The Bertz CT molecular complexity index is 2360. The van der Waals surface area contributed by atoms with Gasteiger partial charge in [0, 0.05) is 41.4 Å². The van der Waals surface area contributed by atoms with Crippen LogP contribution in [-0.4, -0.2) is 146 Å². The van der Waals surface area contributed by atoms with E-state index in [9.17, 15) is 57.3 Å². The summed E-state index contributed by atoms with van der Waals surface area (Å²) in [7, 11) is 2.14. The van der Waals surface area contributed by atoms with Crippen LogP contribution in [-0.2, 0) is 52.8 Å². The number of aromatic amines is 1. The van der Waals surface area contributed by atoms with Crippen molar-refractivity contribution < 1.29 is 67.2 Å². The Morgan fingerprint density at radius 3 is 1.91 bits per heavy atom. The molecule has 374 valence electrons. The Morgan fingerprint density at radius 2 is 1.32 bits per heavy atom. The molecule has 0 spiro atoms. The standard InChI is InChI=1S/C43H54N8O9S2.C2HF3O2/c1-24(53)34(21-52)48-42(59)36-23-62-61-22-35(49-38(55)30(44)17-26-11-5-3-6-12-26)41(58)46-32(18-27-13-7-4-8-14-27)39(56)47-33(40(57)51-37(25(2)54)43(60)50-36)19-28-20-45-31-16-10-9-15-29(28)31;3-2(4,5)1(6)7/h3-16,20,24-25,30,32-37,45,52-54H,17-19,21-23,44H2,1-2H3,(H,46,58)(H,47,56)(H,48,59)(H,49,55)(H,50,60)(H,51,57);(H,6,7)/t24-,25+,30-,32+,33-,34+,35+,36+,37-;/m1./s1. The number of hydrogen-bond acceptors (Lipinski definition) is 13. The highest BCUT2D eigenvalue weighted by atomic mass is 33.1. The average molecular weight is 1010 g/mol. The van der Waals surface area contributed by atoms with Crippen LogP contribution in [0.15, 0.2) is 91.1 Å². The predicted molar refractivity (Wildman–Crippen MR) is 251 cm³/mol. The Labute approximate surface area is 402 Å². The maximum absolute atomic E-state index is 14.4. The number of carbonyl (C=O) groups is 7. The summed E-state index contributed by atoms with van der Waals surface area (Å²) >= 11 is 0. The lowest BCUT2D eigenvalue weighted by Gasteiger charge is -2.28. The highest BCUT2D eigenvalue weighted by Crippen LogP contribution is 2.24. The van der Waals surface area contributed by atoms with Crippen molar-refractivity contribution in [1.29, 1.82) is 0 Å². The van der Waals surface area contributed by atoms with Gasteiger partial charge in [-0.05, 0) is 43.0 Å². The third-order valence-electron chi connectivity index (χ3n) is 10.5. The molecule has 1 aliphatic heterocycles. The number of hydrogen-bond donors (Lipinski definition) is 12. The Balaban J connectivity index is 0.00000137. The van der Waals surface area contributed by atoms with E-state index >= 15 is 0 Å². The Hall–Kier alpha value is -6.18. The SMILES string of the molecule is C[C@H](O)[C@H]1NC(=O)[C@@H](Cc2c[nH]c3ccccc23)NC(=O)[C@H](Cc2ccccc2)NC(=O)[C@@H](NC(=O)[C@H](N)Cc2ccccc2)CSSC[C@@H](C(=O)N[C@@H](CO)[C@@H](C)O)NC1=O.O=C(O)C(F)(F)F. The van der Waals surface area contributed by atoms with Gasteiger partial charge in [-0.15, -0.1) is 0 Å². The smallest absolute Gasteiger partial charge is 0.475 e. The van der Waals surface area contributed by atoms with Crippen molar-refractivity contribution in [2.75, 3.05) is 18.1 Å². The Kier molecular flexibility index (Phi) is 21.3. The van der Waals surface area contributed by atoms with Crippen molar-refractivity contribution in [2.24, 2.45) is 5.73 Å². The van der Waals surface area contributed by atoms with E-state index in [0.717, 1.165) is 38.1 Å². The topological polar surface area (TPSA) is 314 Å². The molecular weight excluding hydrogens is 950 g/mol. The number of amides is 6. The van der Waals surface area contributed by atoms with Gasteiger partial charge in [0.05, 0.1) is 30.9 Å². The number of halogens is 3. The lowest BCUT2D eigenvalue weighted by atomic mass is 10.0. The molecule has 0 unspecified atom stereocenters. The molecule has 1 fully saturated rings. The van der Waals surface area contributed by atoms with Crippen LogP contribution in [0.3, 0.4) is 0 Å². The number of aliphatic hydroxyl groups is 3. The maximum atomic E-state index is 14.4. The number of carboxylic acids is 1. The fraction of sp³-hybridized carbons (Fsp3) is 0.400. The van der Waals surface area contributed by atoms with Crippen LogP contribution in [0.4, 0.5) is 13.2 Å². The third kappa shape index (κ3) is 17.4. The molecule has 1 saturated heterocycles. The highest BCUT2D eigenvalue weighted by molar-refractivity contribution is 8.76. The number of H-pyrrole nitrogens is 1. The number of aliphatic carboxylic acids is 1. The van der Waals surface area contributed by atoms with Crippen LogP contribution >= 0.6 is 21.6 Å². The molecule has 24 heteroatoms. The molecular formula is C45H55F3N8O11S2. The van der Waals surface area contributed by atoms with Crippen molar-refractivity contribution in [3.63, 3.8) is 0 Å². The summed E-state index contributed by atoms with van der Waals surface area (Å²) in [6.45, 7) is 2.03. The molecule has 6 amide bonds. The van der Waals surface area contributed by atoms with Crippen LogP contribution in [0.5, 0.6) is 0 Å². The summed E-state index contributed by atoms with van der Waals surface area (Å²) in [5.74, 6) is -7.67. The number of para-hydroxylation sites is 1. The van der Waals surface area contributed by atoms with Crippen LogP contribution < -0.4 is 37.6 Å². The molecule has 0 radical (unpaired) electrons. The van der Waals surface area contributed by atoms with E-state index in [0.29, 0.717) is 11.1 Å². The summed E-state index contributed by atoms with van der Waals surface area (Å²) in [5.41, 5.74) is 9.20. The number of aromatic nitrogens is 1. The summed E-state index contributed by atoms with van der Waals surface area (Å²) in [5, 5.41) is 54.6. The molecule has 69 heavy (non-hydrogen) atoms. The third-order valence-corrected chi connectivity index (χ3v) is 12.9. The largest absolute Gasteiger partial charge is 0.490 e. The van der Waals surface area contributed by atoms with Crippen molar-refractivity contribution in [3.05, 3.63) is 108 Å². The van der Waals surface area contributed by atoms with Gasteiger partial charge in [-0.25, -0.2) is 4.79 Å². The molecule has 1 aromatic heterocycles. The number of nitrogens with two attached hydrogens (primary N) is 1. The van der Waals surface area contributed by atoms with Gasteiger partial charge in [0.1, 0.15) is 30.2 Å². The average Bonchev–Trinajstić information content (AvgIpc) is 3.72. The molecule has 0 aliphatic carbocycles. The van der Waals surface area contributed by atoms with E-state index in [-0.39, 0.29) is 30.8 Å². The van der Waals surface area contributed by atoms with Crippen LogP contribution in [0.2, 0.25) is 0 Å². The predicted octanol–water partition coefficient (Wildman–Crippen LogP) is 0.214. The number of alkyl halides is 3. The van der Waals surface area contributed by atoms with E-state index in [4.69, 9.17) is 15.6 Å². The maximum Gasteiger partial charge on any atom is 0.490 e. The molecule has 9 atom stereocenters. The van der Waals surface area contributed by atoms with E-state index in [2.05, 4.69) is 36.9 Å². The first-order chi connectivity index (χ1) is 32.7. The zero-order valence-corrected chi connectivity index (χ0v) is 38.9. The van der Waals surface area contributed by atoms with Gasteiger partial charge in [-0.3, -0.25) is 28.8 Å². The summed E-state index contributed by atoms with van der Waals surface area (Å²) < 4.78 is 31.7. The van der Waals surface area contributed by atoms with Gasteiger partial charge in [0.2, 0.25) is 35.4 Å². The van der Waals surface area contributed by atoms with Gasteiger partial charge >= 0.3 is 12.1 Å². The van der Waals surface area contributed by atoms with Gasteiger partial charge in [-0.2, -0.15) is 13.2 Å². The second-order valence-electron chi connectivity index (χ2n) is 15.9. The second-order valence-corrected chi connectivity index (χ2v) is 18.5. The van der Waals surface area contributed by atoms with E-state index < -0.39 is 109 Å². The normalized spacial score (nSPS) is 21.6. The number of rotatable bonds is 13. The van der Waals surface area contributed by atoms with Gasteiger partial charge in [-0.1, -0.05) is 100 Å².